The van der Waals surface area contributed by atoms with Crippen molar-refractivity contribution in [2.75, 3.05) is 19.7 Å². The molecular weight excluding hydrogens is 416 g/mol. The first kappa shape index (κ1) is 21.8. The Morgan fingerprint density at radius 3 is 2.25 bits per heavy atom. The van der Waals surface area contributed by atoms with E-state index >= 15 is 0 Å². The van der Waals surface area contributed by atoms with Gasteiger partial charge in [-0.3, -0.25) is 4.79 Å². The molecular formula is C25H31F2NO4. The summed E-state index contributed by atoms with van der Waals surface area (Å²) in [6.45, 7) is 2.36. The van der Waals surface area contributed by atoms with Crippen molar-refractivity contribution in [3.8, 4) is 0 Å². The van der Waals surface area contributed by atoms with Gasteiger partial charge in [-0.1, -0.05) is 0 Å². The molecule has 1 aromatic carbocycles. The molecule has 0 bridgehead atoms. The lowest BCUT2D eigenvalue weighted by molar-refractivity contribution is -0.142. The predicted molar refractivity (Wildman–Crippen MR) is 113 cm³/mol. The number of halogens is 2. The molecule has 4 aliphatic rings. The zero-order valence-corrected chi connectivity index (χ0v) is 18.3. The summed E-state index contributed by atoms with van der Waals surface area (Å²) >= 11 is 0. The molecule has 174 valence electrons. The van der Waals surface area contributed by atoms with E-state index in [0.717, 1.165) is 64.5 Å². The van der Waals surface area contributed by atoms with Crippen LogP contribution in [0.2, 0.25) is 0 Å². The lowest BCUT2D eigenvalue weighted by atomic mass is 9.74. The van der Waals surface area contributed by atoms with Crippen molar-refractivity contribution < 1.29 is 28.2 Å². The fourth-order valence-electron chi connectivity index (χ4n) is 6.66. The van der Waals surface area contributed by atoms with Gasteiger partial charge in [0.25, 0.3) is 5.91 Å². The van der Waals surface area contributed by atoms with E-state index in [0.29, 0.717) is 29.4 Å². The van der Waals surface area contributed by atoms with Gasteiger partial charge in [-0.25, -0.2) is 13.6 Å². The van der Waals surface area contributed by atoms with Crippen molar-refractivity contribution in [3.63, 3.8) is 0 Å². The number of likely N-dealkylation sites (tertiary alicyclic amines) is 1. The van der Waals surface area contributed by atoms with Crippen LogP contribution < -0.4 is 0 Å². The minimum Gasteiger partial charge on any atom is -0.477 e. The number of carboxylic acid groups (broad SMARTS) is 1. The topological polar surface area (TPSA) is 66.8 Å². The molecule has 2 aliphatic carbocycles. The van der Waals surface area contributed by atoms with Crippen LogP contribution in [0.1, 0.15) is 79.6 Å². The summed E-state index contributed by atoms with van der Waals surface area (Å²) < 4.78 is 33.8. The van der Waals surface area contributed by atoms with Crippen LogP contribution in [0.15, 0.2) is 12.1 Å². The summed E-state index contributed by atoms with van der Waals surface area (Å²) in [6.07, 6.45) is 8.82. The van der Waals surface area contributed by atoms with Gasteiger partial charge in [-0.15, -0.1) is 0 Å². The number of amides is 1. The second-order valence-corrected chi connectivity index (χ2v) is 10.3. The molecule has 2 aliphatic heterocycles. The maximum absolute atomic E-state index is 14.1. The molecule has 1 N–H and O–H groups in total. The maximum Gasteiger partial charge on any atom is 0.341 e. The summed E-state index contributed by atoms with van der Waals surface area (Å²) in [5.41, 5.74) is 0.0909. The van der Waals surface area contributed by atoms with Gasteiger partial charge in [0.1, 0.15) is 23.3 Å². The van der Waals surface area contributed by atoms with Crippen LogP contribution in [0.25, 0.3) is 0 Å². The molecule has 4 fully saturated rings. The molecule has 0 unspecified atom stereocenters. The Morgan fingerprint density at radius 1 is 1.03 bits per heavy atom. The van der Waals surface area contributed by atoms with Crippen molar-refractivity contribution >= 4 is 11.9 Å². The van der Waals surface area contributed by atoms with Crippen LogP contribution >= 0.6 is 0 Å². The van der Waals surface area contributed by atoms with E-state index in [4.69, 9.17) is 9.84 Å². The summed E-state index contributed by atoms with van der Waals surface area (Å²) in [7, 11) is 0. The first-order chi connectivity index (χ1) is 15.4. The normalized spacial score (nSPS) is 31.6. The molecule has 7 heteroatoms. The summed E-state index contributed by atoms with van der Waals surface area (Å²) in [6, 6.07) is 2.41. The minimum absolute atomic E-state index is 0.0821. The first-order valence-corrected chi connectivity index (χ1v) is 12.0. The van der Waals surface area contributed by atoms with Gasteiger partial charge in [0.2, 0.25) is 0 Å². The van der Waals surface area contributed by atoms with E-state index in [2.05, 4.69) is 0 Å². The number of benzene rings is 1. The zero-order valence-electron chi connectivity index (χ0n) is 18.3. The Bertz CT molecular complexity index is 874. The number of piperidine rings is 1. The van der Waals surface area contributed by atoms with E-state index < -0.39 is 23.2 Å². The third-order valence-electron chi connectivity index (χ3n) is 8.62. The van der Waals surface area contributed by atoms with Gasteiger partial charge in [0.05, 0.1) is 0 Å². The van der Waals surface area contributed by atoms with Crippen molar-refractivity contribution in [1.29, 1.82) is 0 Å². The van der Waals surface area contributed by atoms with Gasteiger partial charge in [-0.05, 0) is 98.7 Å². The van der Waals surface area contributed by atoms with Crippen LogP contribution in [-0.4, -0.2) is 47.7 Å². The van der Waals surface area contributed by atoms with E-state index in [-0.39, 0.29) is 17.9 Å². The lowest BCUT2D eigenvalue weighted by Gasteiger charge is -2.36. The summed E-state index contributed by atoms with van der Waals surface area (Å²) in [4.78, 5) is 25.6. The van der Waals surface area contributed by atoms with Crippen molar-refractivity contribution in [1.82, 2.24) is 4.90 Å². The van der Waals surface area contributed by atoms with Gasteiger partial charge >= 0.3 is 5.97 Å². The second-order valence-electron chi connectivity index (χ2n) is 10.3. The molecule has 2 heterocycles. The number of nitrogens with zero attached hydrogens (tertiary/aromatic N) is 1. The van der Waals surface area contributed by atoms with E-state index in [9.17, 15) is 18.4 Å². The molecule has 2 saturated carbocycles. The second kappa shape index (κ2) is 8.40. The number of hydrogen-bond acceptors (Lipinski definition) is 3. The Morgan fingerprint density at radius 2 is 1.69 bits per heavy atom. The molecule has 2 atom stereocenters. The maximum atomic E-state index is 14.1. The predicted octanol–water partition coefficient (Wildman–Crippen LogP) is 4.74. The molecule has 5 rings (SSSR count). The van der Waals surface area contributed by atoms with Crippen LogP contribution in [0.5, 0.6) is 0 Å². The Hall–Kier alpha value is -2.02. The molecule has 32 heavy (non-hydrogen) atoms. The highest BCUT2D eigenvalue weighted by Crippen LogP contribution is 2.65. The average Bonchev–Trinajstić information content (AvgIpc) is 3.20. The largest absolute Gasteiger partial charge is 0.477 e. The smallest absolute Gasteiger partial charge is 0.341 e. The SMILES string of the molecule is O=C(O)c1c(F)cc(C2CCC([C@H]3CC34CCN(C(=O)[C@H]3CCCO3)CC4)CC2)cc1F. The molecule has 0 aromatic heterocycles. The van der Waals surface area contributed by atoms with Crippen LogP contribution in [0, 0.1) is 28.9 Å². The summed E-state index contributed by atoms with van der Waals surface area (Å²) in [5, 5.41) is 8.97. The summed E-state index contributed by atoms with van der Waals surface area (Å²) in [5.74, 6) is -1.95. The van der Waals surface area contributed by atoms with Gasteiger partial charge in [-0.2, -0.15) is 0 Å². The van der Waals surface area contributed by atoms with Crippen molar-refractivity contribution in [2.24, 2.45) is 17.3 Å². The monoisotopic (exact) mass is 447 g/mol. The Kier molecular flexibility index (Phi) is 5.72. The highest BCUT2D eigenvalue weighted by molar-refractivity contribution is 5.88. The molecule has 1 spiro atoms. The van der Waals surface area contributed by atoms with E-state index in [1.54, 1.807) is 0 Å². The van der Waals surface area contributed by atoms with Gasteiger partial charge in [0, 0.05) is 19.7 Å². The van der Waals surface area contributed by atoms with Crippen molar-refractivity contribution in [3.05, 3.63) is 34.9 Å². The van der Waals surface area contributed by atoms with E-state index in [1.807, 2.05) is 4.90 Å². The molecule has 5 nitrogen and oxygen atoms in total. The molecule has 1 aromatic rings. The van der Waals surface area contributed by atoms with Crippen molar-refractivity contribution in [2.45, 2.75) is 69.8 Å². The van der Waals surface area contributed by atoms with Gasteiger partial charge < -0.3 is 14.7 Å². The Balaban J connectivity index is 1.14. The highest BCUT2D eigenvalue weighted by atomic mass is 19.1. The number of carbonyl (C=O) groups is 2. The standard InChI is InChI=1S/C25H31F2NO4/c26-19-12-17(13-20(27)22(19)24(30)31)15-3-5-16(6-4-15)18-14-25(18)7-9-28(10-8-25)23(29)21-2-1-11-32-21/h12-13,15-16,18,21H,1-11,14H2,(H,30,31)/t15?,16?,18-,21-/m1/s1. The van der Waals surface area contributed by atoms with Crippen LogP contribution in [0.3, 0.4) is 0 Å². The third kappa shape index (κ3) is 3.93. The minimum atomic E-state index is -1.57. The van der Waals surface area contributed by atoms with Crippen LogP contribution in [0.4, 0.5) is 8.78 Å². The fraction of sp³-hybridized carbons (Fsp3) is 0.680. The first-order valence-electron chi connectivity index (χ1n) is 12.0. The number of carboxylic acids is 1. The van der Waals surface area contributed by atoms with E-state index in [1.165, 1.54) is 18.6 Å². The third-order valence-corrected chi connectivity index (χ3v) is 8.62. The fourth-order valence-corrected chi connectivity index (χ4v) is 6.66. The number of rotatable bonds is 4. The van der Waals surface area contributed by atoms with Gasteiger partial charge in [0.15, 0.2) is 0 Å². The number of hydrogen-bond donors (Lipinski definition) is 1. The highest BCUT2D eigenvalue weighted by Gasteiger charge is 2.58. The number of carbonyl (C=O) groups excluding carboxylic acids is 1. The average molecular weight is 448 g/mol. The lowest BCUT2D eigenvalue weighted by Crippen LogP contribution is -2.44. The molecule has 1 amide bonds. The molecule has 2 saturated heterocycles. The van der Waals surface area contributed by atoms with Crippen LogP contribution in [-0.2, 0) is 9.53 Å². The zero-order chi connectivity index (χ0) is 22.5. The number of ether oxygens (including phenoxy) is 1. The molecule has 0 radical (unpaired) electrons. The Labute approximate surface area is 187 Å². The quantitative estimate of drug-likeness (QED) is 0.724. The number of aromatic carboxylic acids is 1.